The molecule has 0 radical (unpaired) electrons. The third kappa shape index (κ3) is 2.05. The molecule has 3 rings (SSSR count). The van der Waals surface area contributed by atoms with Gasteiger partial charge in [-0.05, 0) is 19.3 Å². The molecule has 1 saturated heterocycles. The summed E-state index contributed by atoms with van der Waals surface area (Å²) in [6.45, 7) is 1.78. The van der Waals surface area contributed by atoms with Crippen LogP contribution >= 0.6 is 11.6 Å². The van der Waals surface area contributed by atoms with E-state index >= 15 is 0 Å². The number of likely N-dealkylation sites (tertiary alicyclic amines) is 1. The van der Waals surface area contributed by atoms with E-state index in [4.69, 9.17) is 11.6 Å². The molecule has 2 aliphatic rings. The minimum atomic E-state index is -0.398. The van der Waals surface area contributed by atoms with Crippen LogP contribution in [0.5, 0.6) is 0 Å². The number of H-pyrrole nitrogens is 1. The fraction of sp³-hybridized carbons (Fsp3) is 0.636. The van der Waals surface area contributed by atoms with Crippen LogP contribution in [0.15, 0.2) is 15.7 Å². The van der Waals surface area contributed by atoms with E-state index in [1.54, 1.807) is 0 Å². The van der Waals surface area contributed by atoms with E-state index in [9.17, 15) is 9.59 Å². The topological polar surface area (TPSA) is 58.1 Å². The molecule has 1 atom stereocenters. The van der Waals surface area contributed by atoms with E-state index in [1.807, 2.05) is 0 Å². The third-order valence-corrected chi connectivity index (χ3v) is 3.76. The average molecular weight is 256 g/mol. The van der Waals surface area contributed by atoms with E-state index < -0.39 is 5.69 Å². The molecule has 2 heterocycles. The molecule has 0 spiro atoms. The summed E-state index contributed by atoms with van der Waals surface area (Å²) in [7, 11) is 0. The van der Waals surface area contributed by atoms with Gasteiger partial charge in [-0.3, -0.25) is 19.2 Å². The smallest absolute Gasteiger partial charge is 0.298 e. The van der Waals surface area contributed by atoms with Crippen molar-refractivity contribution in [1.82, 2.24) is 14.5 Å². The zero-order valence-electron chi connectivity index (χ0n) is 9.36. The highest BCUT2D eigenvalue weighted by Crippen LogP contribution is 2.32. The highest BCUT2D eigenvalue weighted by Gasteiger charge is 2.35. The van der Waals surface area contributed by atoms with Gasteiger partial charge in [0.15, 0.2) is 0 Å². The molecule has 0 aromatic carbocycles. The van der Waals surface area contributed by atoms with Crippen LogP contribution in [-0.4, -0.2) is 33.6 Å². The van der Waals surface area contributed by atoms with E-state index in [2.05, 4.69) is 9.88 Å². The monoisotopic (exact) mass is 255 g/mol. The van der Waals surface area contributed by atoms with Gasteiger partial charge in [-0.15, -0.1) is 0 Å². The van der Waals surface area contributed by atoms with E-state index in [0.29, 0.717) is 6.04 Å². The highest BCUT2D eigenvalue weighted by molar-refractivity contribution is 6.29. The molecule has 0 amide bonds. The standard InChI is InChI=1S/C11H14ClN3O2/c12-9-5-10(16)15(11(17)13-9)8-3-4-14(6-8)7-1-2-7/h5,7-8H,1-4,6H2,(H,13,17). The van der Waals surface area contributed by atoms with Crippen LogP contribution in [0.3, 0.4) is 0 Å². The maximum Gasteiger partial charge on any atom is 0.329 e. The lowest BCUT2D eigenvalue weighted by molar-refractivity contribution is 0.311. The lowest BCUT2D eigenvalue weighted by atomic mass is 10.2. The molecule has 6 heteroatoms. The summed E-state index contributed by atoms with van der Waals surface area (Å²) in [5.41, 5.74) is -0.702. The number of rotatable bonds is 2. The number of aromatic amines is 1. The second-order valence-electron chi connectivity index (χ2n) is 4.80. The zero-order chi connectivity index (χ0) is 12.0. The van der Waals surface area contributed by atoms with Crippen molar-refractivity contribution in [3.8, 4) is 0 Å². The second kappa shape index (κ2) is 3.99. The molecule has 92 valence electrons. The molecular formula is C11H14ClN3O2. The van der Waals surface area contributed by atoms with Gasteiger partial charge in [0.25, 0.3) is 5.56 Å². The van der Waals surface area contributed by atoms with Crippen LogP contribution in [0.2, 0.25) is 5.15 Å². The lowest BCUT2D eigenvalue weighted by Gasteiger charge is -2.15. The first-order chi connectivity index (χ1) is 8.15. The van der Waals surface area contributed by atoms with Crippen LogP contribution < -0.4 is 11.2 Å². The summed E-state index contributed by atoms with van der Waals surface area (Å²) < 4.78 is 1.30. The third-order valence-electron chi connectivity index (χ3n) is 3.56. The van der Waals surface area contributed by atoms with Crippen LogP contribution in [0.4, 0.5) is 0 Å². The summed E-state index contributed by atoms with van der Waals surface area (Å²) in [6.07, 6.45) is 3.36. The summed E-state index contributed by atoms with van der Waals surface area (Å²) >= 11 is 5.64. The fourth-order valence-electron chi connectivity index (χ4n) is 2.57. The van der Waals surface area contributed by atoms with Crippen molar-refractivity contribution in [2.75, 3.05) is 13.1 Å². The molecule has 1 aromatic rings. The Hall–Kier alpha value is -1.07. The second-order valence-corrected chi connectivity index (χ2v) is 5.21. The number of aromatic nitrogens is 2. The SMILES string of the molecule is O=c1cc(Cl)[nH]c(=O)n1C1CCN(C2CC2)C1. The molecule has 1 aromatic heterocycles. The van der Waals surface area contributed by atoms with Crippen molar-refractivity contribution >= 4 is 11.6 Å². The van der Waals surface area contributed by atoms with Crippen LogP contribution in [0, 0.1) is 0 Å². The van der Waals surface area contributed by atoms with Gasteiger partial charge in [0, 0.05) is 25.2 Å². The van der Waals surface area contributed by atoms with Crippen molar-refractivity contribution in [2.24, 2.45) is 0 Å². The first-order valence-electron chi connectivity index (χ1n) is 5.90. The molecule has 1 aliphatic heterocycles. The van der Waals surface area contributed by atoms with Crippen molar-refractivity contribution in [3.63, 3.8) is 0 Å². The van der Waals surface area contributed by atoms with Gasteiger partial charge in [0.2, 0.25) is 0 Å². The first kappa shape index (κ1) is 11.0. The number of hydrogen-bond acceptors (Lipinski definition) is 3. The molecule has 1 N–H and O–H groups in total. The normalized spacial score (nSPS) is 25.4. The Balaban J connectivity index is 1.90. The molecule has 17 heavy (non-hydrogen) atoms. The van der Waals surface area contributed by atoms with E-state index in [1.165, 1.54) is 23.5 Å². The number of nitrogens with zero attached hydrogens (tertiary/aromatic N) is 2. The minimum absolute atomic E-state index is 0.0101. The van der Waals surface area contributed by atoms with Gasteiger partial charge >= 0.3 is 5.69 Å². The molecule has 1 saturated carbocycles. The van der Waals surface area contributed by atoms with Gasteiger partial charge < -0.3 is 0 Å². The Morgan fingerprint density at radius 2 is 2.00 bits per heavy atom. The number of halogens is 1. The maximum absolute atomic E-state index is 11.8. The van der Waals surface area contributed by atoms with Crippen LogP contribution in [-0.2, 0) is 0 Å². The summed E-state index contributed by atoms with van der Waals surface area (Å²) in [5.74, 6) is 0. The summed E-state index contributed by atoms with van der Waals surface area (Å²) in [5, 5.41) is 0.105. The fourth-order valence-corrected chi connectivity index (χ4v) is 2.75. The predicted molar refractivity (Wildman–Crippen MR) is 64.6 cm³/mol. The Morgan fingerprint density at radius 1 is 1.24 bits per heavy atom. The average Bonchev–Trinajstić information content (AvgIpc) is 2.98. The molecule has 1 unspecified atom stereocenters. The van der Waals surface area contributed by atoms with Crippen molar-refractivity contribution in [1.29, 1.82) is 0 Å². The van der Waals surface area contributed by atoms with Crippen molar-refractivity contribution in [2.45, 2.75) is 31.3 Å². The molecule has 5 nitrogen and oxygen atoms in total. The molecule has 1 aliphatic carbocycles. The Labute approximate surface area is 103 Å². The first-order valence-corrected chi connectivity index (χ1v) is 6.28. The predicted octanol–water partition coefficient (Wildman–Crippen LogP) is 0.599. The quantitative estimate of drug-likeness (QED) is 0.788. The molecule has 2 fully saturated rings. The Kier molecular flexibility index (Phi) is 2.60. The highest BCUT2D eigenvalue weighted by atomic mass is 35.5. The Bertz CT molecular complexity index is 515. The summed E-state index contributed by atoms with van der Waals surface area (Å²) in [4.78, 5) is 28.4. The molecule has 0 bridgehead atoms. The van der Waals surface area contributed by atoms with Gasteiger partial charge in [0.05, 0.1) is 6.04 Å². The maximum atomic E-state index is 11.8. The lowest BCUT2D eigenvalue weighted by Crippen LogP contribution is -2.38. The largest absolute Gasteiger partial charge is 0.329 e. The number of nitrogens with one attached hydrogen (secondary N) is 1. The number of hydrogen-bond donors (Lipinski definition) is 1. The van der Waals surface area contributed by atoms with Crippen molar-refractivity contribution < 1.29 is 0 Å². The van der Waals surface area contributed by atoms with Gasteiger partial charge in [0.1, 0.15) is 5.15 Å². The van der Waals surface area contributed by atoms with Crippen LogP contribution in [0.1, 0.15) is 25.3 Å². The van der Waals surface area contributed by atoms with Gasteiger partial charge in [-0.25, -0.2) is 4.79 Å². The molecular weight excluding hydrogens is 242 g/mol. The zero-order valence-corrected chi connectivity index (χ0v) is 10.1. The summed E-state index contributed by atoms with van der Waals surface area (Å²) in [6, 6.07) is 1.94. The van der Waals surface area contributed by atoms with Gasteiger partial charge in [-0.1, -0.05) is 11.6 Å². The van der Waals surface area contributed by atoms with E-state index in [-0.39, 0.29) is 16.8 Å². The van der Waals surface area contributed by atoms with Crippen LogP contribution in [0.25, 0.3) is 0 Å². The minimum Gasteiger partial charge on any atom is -0.298 e. The van der Waals surface area contributed by atoms with Crippen molar-refractivity contribution in [3.05, 3.63) is 32.1 Å². The van der Waals surface area contributed by atoms with E-state index in [0.717, 1.165) is 19.5 Å². The van der Waals surface area contributed by atoms with Gasteiger partial charge in [-0.2, -0.15) is 0 Å². The Morgan fingerprint density at radius 3 is 2.65 bits per heavy atom.